The molecule has 0 bridgehead atoms. The summed E-state index contributed by atoms with van der Waals surface area (Å²) in [5, 5.41) is 11.8. The third-order valence-electron chi connectivity index (χ3n) is 6.31. The molecule has 0 amide bonds. The van der Waals surface area contributed by atoms with Crippen molar-refractivity contribution in [1.82, 2.24) is 0 Å². The zero-order valence-electron chi connectivity index (χ0n) is 16.3. The zero-order valence-corrected chi connectivity index (χ0v) is 16.3. The van der Waals surface area contributed by atoms with Crippen molar-refractivity contribution >= 4 is 17.2 Å². The summed E-state index contributed by atoms with van der Waals surface area (Å²) in [5.41, 5.74) is 1.26. The molecule has 0 radical (unpaired) electrons. The molecule has 2 aromatic carbocycles. The summed E-state index contributed by atoms with van der Waals surface area (Å²) in [7, 11) is 1.90. The highest BCUT2D eigenvalue weighted by molar-refractivity contribution is 6.09. The van der Waals surface area contributed by atoms with Crippen LogP contribution in [0.15, 0.2) is 48.5 Å². The van der Waals surface area contributed by atoms with Crippen LogP contribution in [0.3, 0.4) is 0 Å². The van der Waals surface area contributed by atoms with E-state index in [2.05, 4.69) is 13.8 Å². The Hall–Kier alpha value is -2.73. The van der Waals surface area contributed by atoms with Crippen molar-refractivity contribution < 1.29 is 14.5 Å². The fraction of sp³-hybridized carbons (Fsp3) is 0.409. The second-order valence-corrected chi connectivity index (χ2v) is 8.28. The molecule has 1 saturated carbocycles. The molecule has 1 heterocycles. The van der Waals surface area contributed by atoms with Crippen LogP contribution in [0.5, 0.6) is 0 Å². The number of carbonyl (C=O) groups excluding carboxylic acids is 1. The topological polar surface area (TPSA) is 72.7 Å². The van der Waals surface area contributed by atoms with Gasteiger partial charge in [-0.2, -0.15) is 0 Å². The van der Waals surface area contributed by atoms with Crippen molar-refractivity contribution in [3.8, 4) is 0 Å². The van der Waals surface area contributed by atoms with E-state index in [0.717, 1.165) is 13.0 Å². The van der Waals surface area contributed by atoms with Gasteiger partial charge >= 0.3 is 0 Å². The standard InChI is InChI=1S/C22H24N2O4/c1-22(2)20(16-11-12-28-21(16)22)23(3)17-10-9-15(13-18(17)24(26)27)19(25)14-7-5-4-6-8-14/h4-10,13,16,20-21H,11-12H2,1-3H3. The first-order valence-corrected chi connectivity index (χ1v) is 9.55. The lowest BCUT2D eigenvalue weighted by atomic mass is 9.56. The molecule has 2 aromatic rings. The van der Waals surface area contributed by atoms with Crippen LogP contribution < -0.4 is 4.90 Å². The lowest BCUT2D eigenvalue weighted by Crippen LogP contribution is -2.66. The Bertz CT molecular complexity index is 925. The van der Waals surface area contributed by atoms with Crippen LogP contribution in [0.1, 0.15) is 36.2 Å². The summed E-state index contributed by atoms with van der Waals surface area (Å²) in [6, 6.07) is 13.8. The molecule has 1 aliphatic heterocycles. The minimum Gasteiger partial charge on any atom is -0.377 e. The number of ketones is 1. The van der Waals surface area contributed by atoms with Crippen molar-refractivity contribution in [3.05, 3.63) is 69.8 Å². The third-order valence-corrected chi connectivity index (χ3v) is 6.31. The van der Waals surface area contributed by atoms with Crippen LogP contribution in [0.4, 0.5) is 11.4 Å². The summed E-state index contributed by atoms with van der Waals surface area (Å²) in [4.78, 5) is 26.1. The van der Waals surface area contributed by atoms with Gasteiger partial charge in [0.25, 0.3) is 5.69 Å². The second kappa shape index (κ2) is 6.71. The van der Waals surface area contributed by atoms with E-state index in [4.69, 9.17) is 4.74 Å². The number of rotatable bonds is 5. The first-order valence-electron chi connectivity index (χ1n) is 9.55. The summed E-state index contributed by atoms with van der Waals surface area (Å²) in [6.45, 7) is 5.05. The smallest absolute Gasteiger partial charge is 0.293 e. The lowest BCUT2D eigenvalue weighted by Gasteiger charge is -2.58. The van der Waals surface area contributed by atoms with Crippen molar-refractivity contribution in [2.24, 2.45) is 11.3 Å². The summed E-state index contributed by atoms with van der Waals surface area (Å²) in [5.74, 6) is 0.163. The van der Waals surface area contributed by atoms with Gasteiger partial charge in [-0.3, -0.25) is 14.9 Å². The molecule has 2 fully saturated rings. The van der Waals surface area contributed by atoms with Crippen molar-refractivity contribution in [2.75, 3.05) is 18.6 Å². The Morgan fingerprint density at radius 1 is 1.18 bits per heavy atom. The van der Waals surface area contributed by atoms with Gasteiger partial charge in [0.2, 0.25) is 0 Å². The van der Waals surface area contributed by atoms with Crippen molar-refractivity contribution in [1.29, 1.82) is 0 Å². The monoisotopic (exact) mass is 380 g/mol. The van der Waals surface area contributed by atoms with Gasteiger partial charge in [-0.15, -0.1) is 0 Å². The van der Waals surface area contributed by atoms with Crippen molar-refractivity contribution in [2.45, 2.75) is 32.4 Å². The predicted molar refractivity (Wildman–Crippen MR) is 107 cm³/mol. The largest absolute Gasteiger partial charge is 0.377 e. The molecule has 0 N–H and O–H groups in total. The second-order valence-electron chi connectivity index (χ2n) is 8.28. The first kappa shape index (κ1) is 18.6. The zero-order chi connectivity index (χ0) is 20.1. The number of hydrogen-bond donors (Lipinski definition) is 0. The summed E-state index contributed by atoms with van der Waals surface area (Å²) < 4.78 is 5.86. The van der Waals surface area contributed by atoms with Gasteiger partial charge in [0.1, 0.15) is 5.69 Å². The van der Waals surface area contributed by atoms with Gasteiger partial charge in [0.05, 0.1) is 11.0 Å². The number of benzene rings is 2. The van der Waals surface area contributed by atoms with Crippen LogP contribution in [0.25, 0.3) is 0 Å². The fourth-order valence-corrected chi connectivity index (χ4v) is 5.10. The summed E-state index contributed by atoms with van der Waals surface area (Å²) >= 11 is 0. The number of nitro groups is 1. The van der Waals surface area contributed by atoms with Crippen LogP contribution in [0.2, 0.25) is 0 Å². The molecular weight excluding hydrogens is 356 g/mol. The van der Waals surface area contributed by atoms with Crippen LogP contribution in [-0.4, -0.2) is 36.5 Å². The molecule has 2 aliphatic rings. The van der Waals surface area contributed by atoms with E-state index in [-0.39, 0.29) is 29.0 Å². The van der Waals surface area contributed by atoms with Gasteiger partial charge in [-0.05, 0) is 18.6 Å². The molecular formula is C22H24N2O4. The molecule has 1 aliphatic carbocycles. The first-order chi connectivity index (χ1) is 13.3. The Kier molecular flexibility index (Phi) is 4.46. The van der Waals surface area contributed by atoms with E-state index in [1.54, 1.807) is 36.4 Å². The summed E-state index contributed by atoms with van der Waals surface area (Å²) in [6.07, 6.45) is 1.18. The Balaban J connectivity index is 1.68. The van der Waals surface area contributed by atoms with E-state index in [0.29, 0.717) is 22.7 Å². The molecule has 3 unspecified atom stereocenters. The number of nitrogens with zero attached hydrogens (tertiary/aromatic N) is 2. The molecule has 0 aromatic heterocycles. The Labute approximate surface area is 164 Å². The average Bonchev–Trinajstić information content (AvgIpc) is 3.13. The number of ether oxygens (including phenoxy) is 1. The van der Waals surface area contributed by atoms with Crippen LogP contribution in [-0.2, 0) is 4.74 Å². The highest BCUT2D eigenvalue weighted by Crippen LogP contribution is 2.55. The molecule has 28 heavy (non-hydrogen) atoms. The van der Waals surface area contributed by atoms with E-state index >= 15 is 0 Å². The van der Waals surface area contributed by atoms with E-state index in [9.17, 15) is 14.9 Å². The fourth-order valence-electron chi connectivity index (χ4n) is 5.10. The number of anilines is 1. The van der Waals surface area contributed by atoms with Crippen molar-refractivity contribution in [3.63, 3.8) is 0 Å². The van der Waals surface area contributed by atoms with Crippen LogP contribution in [0, 0.1) is 21.4 Å². The molecule has 3 atom stereocenters. The number of fused-ring (bicyclic) bond motifs is 1. The molecule has 6 nitrogen and oxygen atoms in total. The van der Waals surface area contributed by atoms with Crippen LogP contribution >= 0.6 is 0 Å². The average molecular weight is 380 g/mol. The highest BCUT2D eigenvalue weighted by atomic mass is 16.6. The van der Waals surface area contributed by atoms with E-state index in [1.165, 1.54) is 6.07 Å². The Morgan fingerprint density at radius 3 is 2.57 bits per heavy atom. The van der Waals surface area contributed by atoms with Gasteiger partial charge in [-0.1, -0.05) is 44.2 Å². The SMILES string of the molecule is CN(c1ccc(C(=O)c2ccccc2)cc1[N+](=O)[O-])C1C2CCOC2C1(C)C. The maximum atomic E-state index is 12.7. The minimum atomic E-state index is -0.401. The minimum absolute atomic E-state index is 0.0394. The maximum absolute atomic E-state index is 12.7. The number of nitro benzene ring substituents is 1. The Morgan fingerprint density at radius 2 is 1.89 bits per heavy atom. The van der Waals surface area contributed by atoms with Gasteiger partial charge in [0, 0.05) is 48.2 Å². The van der Waals surface area contributed by atoms with E-state index < -0.39 is 4.92 Å². The number of carbonyl (C=O) groups is 1. The van der Waals surface area contributed by atoms with Gasteiger partial charge in [0.15, 0.2) is 5.78 Å². The predicted octanol–water partition coefficient (Wildman–Crippen LogP) is 4.08. The van der Waals surface area contributed by atoms with Gasteiger partial charge < -0.3 is 9.64 Å². The lowest BCUT2D eigenvalue weighted by molar-refractivity contribution is -0.384. The molecule has 0 spiro atoms. The molecule has 6 heteroatoms. The quantitative estimate of drug-likeness (QED) is 0.444. The van der Waals surface area contributed by atoms with Gasteiger partial charge in [-0.25, -0.2) is 0 Å². The molecule has 4 rings (SSSR count). The number of hydrogen-bond acceptors (Lipinski definition) is 5. The maximum Gasteiger partial charge on any atom is 0.293 e. The normalized spacial score (nSPS) is 24.9. The third kappa shape index (κ3) is 2.79. The molecule has 146 valence electrons. The van der Waals surface area contributed by atoms with E-state index in [1.807, 2.05) is 18.0 Å². The molecule has 1 saturated heterocycles. The highest BCUT2D eigenvalue weighted by Gasteiger charge is 2.61.